The van der Waals surface area contributed by atoms with E-state index in [4.69, 9.17) is 0 Å². The molecule has 3 aromatic rings. The first-order valence-electron chi connectivity index (χ1n) is 7.89. The number of aryl methyl sites for hydroxylation is 1. The van der Waals surface area contributed by atoms with E-state index < -0.39 is 0 Å². The Morgan fingerprint density at radius 2 is 1.62 bits per heavy atom. The number of nitrogens with zero attached hydrogens (tertiary/aromatic N) is 1. The second-order valence-electron chi connectivity index (χ2n) is 5.97. The molecule has 4 rings (SSSR count). The average molecular weight is 317 g/mol. The molecule has 0 radical (unpaired) electrons. The SMILES string of the molecule is CCC(=O)c1c2c3c(cccc3n(C)c1=O)C(=O)c1ccccc1-2. The Balaban J connectivity index is 2.35. The predicted octanol–water partition coefficient (Wildman–Crippen LogP) is 3.34. The lowest BCUT2D eigenvalue weighted by molar-refractivity contribution is 0.0984. The van der Waals surface area contributed by atoms with Gasteiger partial charge in [-0.3, -0.25) is 14.4 Å². The van der Waals surface area contributed by atoms with Gasteiger partial charge in [0.1, 0.15) is 0 Å². The third-order valence-electron chi connectivity index (χ3n) is 4.71. The van der Waals surface area contributed by atoms with Gasteiger partial charge in [-0.15, -0.1) is 0 Å². The maximum absolute atomic E-state index is 12.9. The summed E-state index contributed by atoms with van der Waals surface area (Å²) in [4.78, 5) is 38.3. The lowest BCUT2D eigenvalue weighted by Gasteiger charge is -2.23. The standard InChI is InChI=1S/C20H15NO3/c1-3-15(22)18-17-11-7-4-5-8-12(11)19(23)13-9-6-10-14(16(13)17)21(2)20(18)24/h4-10H,3H2,1-2H3. The minimum atomic E-state index is -0.314. The van der Waals surface area contributed by atoms with Crippen LogP contribution in [0.15, 0.2) is 47.3 Å². The van der Waals surface area contributed by atoms with Crippen LogP contribution in [0.1, 0.15) is 39.6 Å². The molecule has 4 nitrogen and oxygen atoms in total. The molecule has 0 aliphatic heterocycles. The summed E-state index contributed by atoms with van der Waals surface area (Å²) < 4.78 is 1.46. The molecule has 0 saturated carbocycles. The summed E-state index contributed by atoms with van der Waals surface area (Å²) in [7, 11) is 1.64. The summed E-state index contributed by atoms with van der Waals surface area (Å²) in [6.45, 7) is 1.74. The summed E-state index contributed by atoms with van der Waals surface area (Å²) in [5.74, 6) is -0.274. The van der Waals surface area contributed by atoms with E-state index >= 15 is 0 Å². The highest BCUT2D eigenvalue weighted by atomic mass is 16.1. The number of hydrogen-bond donors (Lipinski definition) is 0. The van der Waals surface area contributed by atoms with Crippen LogP contribution in [0.2, 0.25) is 0 Å². The molecule has 2 aromatic carbocycles. The van der Waals surface area contributed by atoms with Crippen LogP contribution in [0.25, 0.3) is 22.0 Å². The summed E-state index contributed by atoms with van der Waals surface area (Å²) in [5.41, 5.74) is 2.89. The second-order valence-corrected chi connectivity index (χ2v) is 5.97. The van der Waals surface area contributed by atoms with Crippen LogP contribution in [-0.2, 0) is 7.05 Å². The smallest absolute Gasteiger partial charge is 0.262 e. The molecule has 0 N–H and O–H groups in total. The number of ketones is 2. The highest BCUT2D eigenvalue weighted by Gasteiger charge is 2.30. The molecule has 1 aliphatic rings. The number of Topliss-reactive ketones (excluding diaryl/α,β-unsaturated/α-hetero) is 1. The normalized spacial score (nSPS) is 12.3. The molecule has 0 amide bonds. The molecular formula is C20H15NO3. The van der Waals surface area contributed by atoms with Gasteiger partial charge in [0.05, 0.1) is 11.1 Å². The fourth-order valence-corrected chi connectivity index (χ4v) is 3.53. The Labute approximate surface area is 138 Å². The average Bonchev–Trinajstić information content (AvgIpc) is 2.62. The number of carbonyl (C=O) groups excluding carboxylic acids is 2. The maximum Gasteiger partial charge on any atom is 0.262 e. The van der Waals surface area contributed by atoms with E-state index in [0.717, 1.165) is 0 Å². The fraction of sp³-hybridized carbons (Fsp3) is 0.150. The van der Waals surface area contributed by atoms with E-state index in [1.807, 2.05) is 18.2 Å². The molecule has 0 atom stereocenters. The molecule has 0 fully saturated rings. The molecule has 0 saturated heterocycles. The molecule has 0 spiro atoms. The van der Waals surface area contributed by atoms with Gasteiger partial charge >= 0.3 is 0 Å². The highest BCUT2D eigenvalue weighted by Crippen LogP contribution is 2.40. The Bertz CT molecular complexity index is 1110. The van der Waals surface area contributed by atoms with Crippen LogP contribution in [0.5, 0.6) is 0 Å². The van der Waals surface area contributed by atoms with Gasteiger partial charge in [-0.25, -0.2) is 0 Å². The van der Waals surface area contributed by atoms with Crippen molar-refractivity contribution in [1.82, 2.24) is 4.57 Å². The molecule has 0 unspecified atom stereocenters. The van der Waals surface area contributed by atoms with E-state index in [1.165, 1.54) is 4.57 Å². The third-order valence-corrected chi connectivity index (χ3v) is 4.71. The monoisotopic (exact) mass is 317 g/mol. The van der Waals surface area contributed by atoms with E-state index in [2.05, 4.69) is 0 Å². The minimum absolute atomic E-state index is 0.0720. The van der Waals surface area contributed by atoms with Gasteiger partial charge in [0.15, 0.2) is 11.6 Å². The van der Waals surface area contributed by atoms with Crippen LogP contribution in [-0.4, -0.2) is 16.1 Å². The van der Waals surface area contributed by atoms with Gasteiger partial charge in [0.2, 0.25) is 0 Å². The molecule has 118 valence electrons. The molecule has 24 heavy (non-hydrogen) atoms. The van der Waals surface area contributed by atoms with Crippen molar-refractivity contribution in [2.45, 2.75) is 13.3 Å². The highest BCUT2D eigenvalue weighted by molar-refractivity contribution is 6.27. The molecular weight excluding hydrogens is 302 g/mol. The topological polar surface area (TPSA) is 56.1 Å². The van der Waals surface area contributed by atoms with Crippen LogP contribution < -0.4 is 5.56 Å². The Kier molecular flexibility index (Phi) is 3.03. The zero-order valence-corrected chi connectivity index (χ0v) is 13.4. The molecule has 1 aromatic heterocycles. The van der Waals surface area contributed by atoms with Crippen LogP contribution in [0, 0.1) is 0 Å². The lowest BCUT2D eigenvalue weighted by Crippen LogP contribution is -2.28. The Morgan fingerprint density at radius 3 is 2.33 bits per heavy atom. The molecule has 0 bridgehead atoms. The number of benzene rings is 2. The number of carbonyl (C=O) groups is 2. The van der Waals surface area contributed by atoms with Crippen LogP contribution in [0.4, 0.5) is 0 Å². The molecule has 1 heterocycles. The summed E-state index contributed by atoms with van der Waals surface area (Å²) in [5, 5.41) is 0.695. The van der Waals surface area contributed by atoms with Gasteiger partial charge in [0.25, 0.3) is 5.56 Å². The van der Waals surface area contributed by atoms with E-state index in [1.54, 1.807) is 38.2 Å². The summed E-state index contributed by atoms with van der Waals surface area (Å²) >= 11 is 0. The van der Waals surface area contributed by atoms with Crippen molar-refractivity contribution >= 4 is 22.5 Å². The molecule has 4 heteroatoms. The predicted molar refractivity (Wildman–Crippen MR) is 92.7 cm³/mol. The van der Waals surface area contributed by atoms with Crippen molar-refractivity contribution in [3.05, 3.63) is 69.5 Å². The third kappa shape index (κ3) is 1.71. The number of fused-ring (bicyclic) bond motifs is 2. The van der Waals surface area contributed by atoms with Gasteiger partial charge < -0.3 is 4.57 Å². The lowest BCUT2D eigenvalue weighted by atomic mass is 9.81. The van der Waals surface area contributed by atoms with Gasteiger partial charge in [0, 0.05) is 35.5 Å². The first kappa shape index (κ1) is 14.6. The minimum Gasteiger partial charge on any atom is -0.311 e. The first-order valence-corrected chi connectivity index (χ1v) is 7.89. The van der Waals surface area contributed by atoms with E-state index in [-0.39, 0.29) is 29.1 Å². The van der Waals surface area contributed by atoms with E-state index in [9.17, 15) is 14.4 Å². The van der Waals surface area contributed by atoms with Crippen molar-refractivity contribution < 1.29 is 9.59 Å². The van der Waals surface area contributed by atoms with Crippen molar-refractivity contribution in [1.29, 1.82) is 0 Å². The number of pyridine rings is 1. The number of aromatic nitrogens is 1. The first-order chi connectivity index (χ1) is 11.6. The van der Waals surface area contributed by atoms with Crippen LogP contribution >= 0.6 is 0 Å². The van der Waals surface area contributed by atoms with Crippen molar-refractivity contribution in [3.8, 4) is 11.1 Å². The Hall–Kier alpha value is -3.01. The van der Waals surface area contributed by atoms with Gasteiger partial charge in [-0.05, 0) is 11.6 Å². The van der Waals surface area contributed by atoms with Crippen molar-refractivity contribution in [2.75, 3.05) is 0 Å². The van der Waals surface area contributed by atoms with Gasteiger partial charge in [-0.1, -0.05) is 43.3 Å². The molecule has 1 aliphatic carbocycles. The number of rotatable bonds is 2. The Morgan fingerprint density at radius 1 is 0.958 bits per heavy atom. The zero-order valence-electron chi connectivity index (χ0n) is 13.4. The van der Waals surface area contributed by atoms with Crippen LogP contribution in [0.3, 0.4) is 0 Å². The largest absolute Gasteiger partial charge is 0.311 e. The van der Waals surface area contributed by atoms with Gasteiger partial charge in [-0.2, -0.15) is 0 Å². The maximum atomic E-state index is 12.9. The second kappa shape index (κ2) is 4.99. The van der Waals surface area contributed by atoms with Crippen molar-refractivity contribution in [2.24, 2.45) is 7.05 Å². The summed E-state index contributed by atoms with van der Waals surface area (Å²) in [6, 6.07) is 12.5. The number of hydrogen-bond acceptors (Lipinski definition) is 3. The van der Waals surface area contributed by atoms with Crippen molar-refractivity contribution in [3.63, 3.8) is 0 Å². The fourth-order valence-electron chi connectivity index (χ4n) is 3.53. The zero-order chi connectivity index (χ0) is 17.0. The quantitative estimate of drug-likeness (QED) is 0.533. The summed E-state index contributed by atoms with van der Waals surface area (Å²) in [6.07, 6.45) is 0.242. The van der Waals surface area contributed by atoms with E-state index in [0.29, 0.717) is 33.2 Å².